The van der Waals surface area contributed by atoms with Crippen LogP contribution in [-0.2, 0) is 11.8 Å². The van der Waals surface area contributed by atoms with E-state index in [-0.39, 0.29) is 5.57 Å². The molecular formula is C13H12N2O2. The fraction of sp³-hybridized carbons (Fsp3) is 0.0769. The van der Waals surface area contributed by atoms with Gasteiger partial charge in [-0.25, -0.2) is 4.79 Å². The van der Waals surface area contributed by atoms with E-state index in [9.17, 15) is 4.79 Å². The summed E-state index contributed by atoms with van der Waals surface area (Å²) in [7, 11) is 1.93. The minimum atomic E-state index is -1.22. The molecule has 0 saturated heterocycles. The molecule has 0 aliphatic carbocycles. The third kappa shape index (κ3) is 4.22. The van der Waals surface area contributed by atoms with Crippen LogP contribution in [0.2, 0.25) is 0 Å². The maximum Gasteiger partial charge on any atom is 0.346 e. The van der Waals surface area contributed by atoms with E-state index >= 15 is 0 Å². The van der Waals surface area contributed by atoms with E-state index < -0.39 is 5.97 Å². The Morgan fingerprint density at radius 2 is 2.24 bits per heavy atom. The number of carbonyl (C=O) groups is 1. The van der Waals surface area contributed by atoms with Gasteiger partial charge in [0.1, 0.15) is 11.6 Å². The van der Waals surface area contributed by atoms with E-state index in [4.69, 9.17) is 10.4 Å². The largest absolute Gasteiger partial charge is 0.477 e. The zero-order valence-corrected chi connectivity index (χ0v) is 9.37. The van der Waals surface area contributed by atoms with Gasteiger partial charge in [-0.15, -0.1) is 0 Å². The van der Waals surface area contributed by atoms with Crippen LogP contribution >= 0.6 is 0 Å². The number of carboxylic acids is 1. The summed E-state index contributed by atoms with van der Waals surface area (Å²) in [4.78, 5) is 10.5. The highest BCUT2D eigenvalue weighted by Gasteiger charge is 2.01. The number of aromatic nitrogens is 1. The van der Waals surface area contributed by atoms with Crippen LogP contribution < -0.4 is 0 Å². The van der Waals surface area contributed by atoms with Crippen LogP contribution in [0.15, 0.2) is 48.3 Å². The first-order valence-corrected chi connectivity index (χ1v) is 4.94. The Hall–Kier alpha value is -2.54. The minimum Gasteiger partial charge on any atom is -0.477 e. The molecule has 1 heterocycles. The molecule has 0 unspecified atom stereocenters. The van der Waals surface area contributed by atoms with Crippen LogP contribution in [-0.4, -0.2) is 15.6 Å². The van der Waals surface area contributed by atoms with Crippen molar-refractivity contribution in [2.75, 3.05) is 0 Å². The number of rotatable bonds is 4. The van der Waals surface area contributed by atoms with Gasteiger partial charge in [-0.3, -0.25) is 0 Å². The van der Waals surface area contributed by atoms with Crippen molar-refractivity contribution < 1.29 is 9.90 Å². The lowest BCUT2D eigenvalue weighted by Gasteiger charge is -1.85. The zero-order chi connectivity index (χ0) is 12.7. The molecule has 0 saturated carbocycles. The second-order valence-electron chi connectivity index (χ2n) is 3.35. The third-order valence-electron chi connectivity index (χ3n) is 1.98. The summed E-state index contributed by atoms with van der Waals surface area (Å²) in [6.45, 7) is 0. The molecule has 17 heavy (non-hydrogen) atoms. The standard InChI is InChI=1S/C13H12N2O2/c1-15-8-7-11(10-15)5-3-2-4-6-12(9-14)13(16)17/h2-8,10H,1H3,(H,16,17)/b4-2+,5-3+,12-6+. The second-order valence-corrected chi connectivity index (χ2v) is 3.35. The first kappa shape index (κ1) is 12.5. The highest BCUT2D eigenvalue weighted by atomic mass is 16.4. The fourth-order valence-electron chi connectivity index (χ4n) is 1.16. The summed E-state index contributed by atoms with van der Waals surface area (Å²) in [6, 6.07) is 3.55. The number of nitrogens with zero attached hydrogens (tertiary/aromatic N) is 2. The fourth-order valence-corrected chi connectivity index (χ4v) is 1.16. The molecule has 1 aromatic heterocycles. The topological polar surface area (TPSA) is 66.0 Å². The first-order chi connectivity index (χ1) is 8.13. The minimum absolute atomic E-state index is 0.283. The highest BCUT2D eigenvalue weighted by Crippen LogP contribution is 2.02. The number of hydrogen-bond donors (Lipinski definition) is 1. The third-order valence-corrected chi connectivity index (χ3v) is 1.98. The predicted octanol–water partition coefficient (Wildman–Crippen LogP) is 2.13. The van der Waals surface area contributed by atoms with Crippen molar-refractivity contribution in [3.63, 3.8) is 0 Å². The molecule has 0 amide bonds. The van der Waals surface area contributed by atoms with Gasteiger partial charge in [0.05, 0.1) is 0 Å². The van der Waals surface area contributed by atoms with E-state index in [1.54, 1.807) is 18.2 Å². The van der Waals surface area contributed by atoms with Crippen LogP contribution in [0.1, 0.15) is 5.56 Å². The molecule has 4 heteroatoms. The first-order valence-electron chi connectivity index (χ1n) is 4.94. The molecule has 0 atom stereocenters. The highest BCUT2D eigenvalue weighted by molar-refractivity contribution is 5.91. The monoisotopic (exact) mass is 228 g/mol. The molecule has 1 aromatic rings. The molecule has 4 nitrogen and oxygen atoms in total. The Labute approximate surface area is 99.4 Å². The van der Waals surface area contributed by atoms with E-state index in [2.05, 4.69) is 0 Å². The molecule has 0 aliphatic rings. The van der Waals surface area contributed by atoms with Crippen molar-refractivity contribution in [1.82, 2.24) is 4.57 Å². The van der Waals surface area contributed by atoms with Crippen molar-refractivity contribution in [2.45, 2.75) is 0 Å². The average molecular weight is 228 g/mol. The van der Waals surface area contributed by atoms with Gasteiger partial charge in [0.25, 0.3) is 0 Å². The lowest BCUT2D eigenvalue weighted by Crippen LogP contribution is -1.96. The predicted molar refractivity (Wildman–Crippen MR) is 64.9 cm³/mol. The summed E-state index contributed by atoms with van der Waals surface area (Å²) >= 11 is 0. The number of hydrogen-bond acceptors (Lipinski definition) is 2. The van der Waals surface area contributed by atoms with Crippen molar-refractivity contribution in [1.29, 1.82) is 5.26 Å². The number of nitriles is 1. The Kier molecular flexibility index (Phi) is 4.52. The molecule has 86 valence electrons. The Morgan fingerprint density at radius 1 is 1.47 bits per heavy atom. The summed E-state index contributed by atoms with van der Waals surface area (Å²) in [5.74, 6) is -1.22. The van der Waals surface area contributed by atoms with Crippen LogP contribution in [0.3, 0.4) is 0 Å². The van der Waals surface area contributed by atoms with Crippen molar-refractivity contribution >= 4 is 12.0 Å². The molecule has 1 rings (SSSR count). The summed E-state index contributed by atoms with van der Waals surface area (Å²) < 4.78 is 1.93. The van der Waals surface area contributed by atoms with Gasteiger partial charge in [0.15, 0.2) is 0 Å². The van der Waals surface area contributed by atoms with Gasteiger partial charge in [-0.2, -0.15) is 5.26 Å². The van der Waals surface area contributed by atoms with Crippen LogP contribution in [0.5, 0.6) is 0 Å². The maximum absolute atomic E-state index is 10.5. The zero-order valence-electron chi connectivity index (χ0n) is 9.37. The maximum atomic E-state index is 10.5. The van der Waals surface area contributed by atoms with Crippen LogP contribution in [0, 0.1) is 11.3 Å². The Morgan fingerprint density at radius 3 is 2.76 bits per heavy atom. The lowest BCUT2D eigenvalue weighted by atomic mass is 10.2. The van der Waals surface area contributed by atoms with E-state index in [1.807, 2.05) is 36.2 Å². The SMILES string of the molecule is Cn1ccc(/C=C/C=C/C=C(\C#N)C(=O)O)c1. The molecular weight excluding hydrogens is 216 g/mol. The quantitative estimate of drug-likeness (QED) is 0.487. The van der Waals surface area contributed by atoms with E-state index in [1.165, 1.54) is 12.2 Å². The van der Waals surface area contributed by atoms with Gasteiger partial charge in [0, 0.05) is 19.4 Å². The van der Waals surface area contributed by atoms with Crippen molar-refractivity contribution in [2.24, 2.45) is 7.05 Å². The van der Waals surface area contributed by atoms with Gasteiger partial charge >= 0.3 is 5.97 Å². The summed E-state index contributed by atoms with van der Waals surface area (Å²) in [6.07, 6.45) is 12.0. The van der Waals surface area contributed by atoms with Gasteiger partial charge < -0.3 is 9.67 Å². The smallest absolute Gasteiger partial charge is 0.346 e. The normalized spacial score (nSPS) is 12.1. The molecule has 0 spiro atoms. The van der Waals surface area contributed by atoms with Gasteiger partial charge in [0.2, 0.25) is 0 Å². The average Bonchev–Trinajstić information content (AvgIpc) is 2.69. The summed E-state index contributed by atoms with van der Waals surface area (Å²) in [5, 5.41) is 17.0. The van der Waals surface area contributed by atoms with Crippen molar-refractivity contribution in [3.8, 4) is 6.07 Å². The van der Waals surface area contributed by atoms with E-state index in [0.717, 1.165) is 5.56 Å². The summed E-state index contributed by atoms with van der Waals surface area (Å²) in [5.41, 5.74) is 0.772. The Balaban J connectivity index is 2.59. The Bertz CT molecular complexity index is 528. The van der Waals surface area contributed by atoms with Crippen molar-refractivity contribution in [3.05, 3.63) is 53.9 Å². The number of allylic oxidation sites excluding steroid dienone is 4. The molecule has 0 aliphatic heterocycles. The number of aryl methyl sites for hydroxylation is 1. The van der Waals surface area contributed by atoms with E-state index in [0.29, 0.717) is 0 Å². The van der Waals surface area contributed by atoms with Crippen LogP contribution in [0.4, 0.5) is 0 Å². The number of carboxylic acid groups (broad SMARTS) is 1. The molecule has 0 fully saturated rings. The molecule has 0 aromatic carbocycles. The molecule has 0 radical (unpaired) electrons. The lowest BCUT2D eigenvalue weighted by molar-refractivity contribution is -0.132. The molecule has 1 N–H and O–H groups in total. The van der Waals surface area contributed by atoms with Gasteiger partial charge in [-0.1, -0.05) is 24.3 Å². The number of aliphatic carboxylic acids is 1. The molecule has 0 bridgehead atoms. The second kappa shape index (κ2) is 6.13. The van der Waals surface area contributed by atoms with Gasteiger partial charge in [-0.05, 0) is 17.7 Å². The van der Waals surface area contributed by atoms with Crippen LogP contribution in [0.25, 0.3) is 6.08 Å².